The fourth-order valence-electron chi connectivity index (χ4n) is 2.08. The number of nitrogens with two attached hydrogens (primary N) is 1. The number of hydrogen-bond acceptors (Lipinski definition) is 3. The molecule has 1 rings (SSSR count). The number of unbranched alkanes of at least 4 members (excludes halogenated alkanes) is 3. The van der Waals surface area contributed by atoms with Gasteiger partial charge < -0.3 is 15.7 Å². The second-order valence-electron chi connectivity index (χ2n) is 4.93. The van der Waals surface area contributed by atoms with Crippen LogP contribution < -0.4 is 5.73 Å². The number of anilines is 1. The molecular weight excluding hydrogens is 278 g/mol. The summed E-state index contributed by atoms with van der Waals surface area (Å²) in [5.41, 5.74) is 5.41. The van der Waals surface area contributed by atoms with Crippen LogP contribution in [0.1, 0.15) is 43.0 Å². The quantitative estimate of drug-likeness (QED) is 0.573. The smallest absolute Gasteiger partial charge is 0.256 e. The van der Waals surface area contributed by atoms with Gasteiger partial charge in [-0.3, -0.25) is 4.79 Å². The van der Waals surface area contributed by atoms with Crippen molar-refractivity contribution in [3.05, 3.63) is 29.3 Å². The van der Waals surface area contributed by atoms with Gasteiger partial charge in [-0.2, -0.15) is 0 Å². The Morgan fingerprint density at radius 1 is 1.19 bits per heavy atom. The highest BCUT2D eigenvalue weighted by Crippen LogP contribution is 2.19. The van der Waals surface area contributed by atoms with E-state index in [0.29, 0.717) is 6.54 Å². The van der Waals surface area contributed by atoms with Gasteiger partial charge in [-0.15, -0.1) is 0 Å². The van der Waals surface area contributed by atoms with Gasteiger partial charge in [0.2, 0.25) is 0 Å². The number of aliphatic hydroxyl groups excluding tert-OH is 1. The van der Waals surface area contributed by atoms with Crippen LogP contribution in [0.15, 0.2) is 12.1 Å². The Morgan fingerprint density at radius 3 is 2.48 bits per heavy atom. The first-order chi connectivity index (χ1) is 10.0. The maximum Gasteiger partial charge on any atom is 0.256 e. The summed E-state index contributed by atoms with van der Waals surface area (Å²) in [5.74, 6) is -2.68. The molecule has 6 heteroatoms. The molecule has 0 radical (unpaired) electrons. The first-order valence-corrected chi connectivity index (χ1v) is 7.15. The average molecular weight is 300 g/mol. The van der Waals surface area contributed by atoms with E-state index in [4.69, 9.17) is 10.8 Å². The van der Waals surface area contributed by atoms with E-state index >= 15 is 0 Å². The molecule has 1 aromatic rings. The van der Waals surface area contributed by atoms with Crippen LogP contribution >= 0.6 is 0 Å². The number of aliphatic hydroxyl groups is 1. The molecule has 0 aliphatic carbocycles. The zero-order chi connectivity index (χ0) is 15.8. The fraction of sp³-hybridized carbons (Fsp3) is 0.533. The molecule has 0 atom stereocenters. The topological polar surface area (TPSA) is 66.6 Å². The molecule has 0 fully saturated rings. The van der Waals surface area contributed by atoms with Gasteiger partial charge >= 0.3 is 0 Å². The minimum atomic E-state index is -1.11. The van der Waals surface area contributed by atoms with E-state index in [1.807, 2.05) is 0 Å². The van der Waals surface area contributed by atoms with Crippen LogP contribution in [0.5, 0.6) is 0 Å². The number of nitrogen functional groups attached to an aromatic ring is 1. The van der Waals surface area contributed by atoms with E-state index in [1.54, 1.807) is 0 Å². The second kappa shape index (κ2) is 8.56. The molecule has 0 saturated heterocycles. The lowest BCUT2D eigenvalue weighted by atomic mass is 10.1. The van der Waals surface area contributed by atoms with Crippen molar-refractivity contribution in [2.24, 2.45) is 0 Å². The van der Waals surface area contributed by atoms with Crippen LogP contribution in [-0.4, -0.2) is 35.6 Å². The summed E-state index contributed by atoms with van der Waals surface area (Å²) in [6, 6.07) is 1.61. The zero-order valence-corrected chi connectivity index (χ0v) is 12.2. The van der Waals surface area contributed by atoms with Gasteiger partial charge in [0.25, 0.3) is 5.91 Å². The molecule has 0 aromatic heterocycles. The number of carbonyl (C=O) groups excluding carboxylic acids is 1. The van der Waals surface area contributed by atoms with E-state index in [1.165, 1.54) is 4.90 Å². The maximum absolute atomic E-state index is 13.3. The summed E-state index contributed by atoms with van der Waals surface area (Å²) in [4.78, 5) is 13.7. The summed E-state index contributed by atoms with van der Waals surface area (Å²) in [6.45, 7) is 2.49. The Bertz CT molecular complexity index is 481. The normalized spacial score (nSPS) is 10.7. The lowest BCUT2D eigenvalue weighted by molar-refractivity contribution is 0.0719. The molecule has 0 heterocycles. The number of nitrogens with zero attached hydrogens (tertiary/aromatic N) is 1. The number of halogens is 2. The number of carbonyl (C=O) groups is 1. The highest BCUT2D eigenvalue weighted by atomic mass is 19.2. The molecule has 3 N–H and O–H groups in total. The first kappa shape index (κ1) is 17.4. The highest BCUT2D eigenvalue weighted by molar-refractivity contribution is 5.99. The van der Waals surface area contributed by atoms with Gasteiger partial charge in [0.15, 0.2) is 11.6 Å². The molecule has 0 spiro atoms. The Morgan fingerprint density at radius 2 is 1.86 bits per heavy atom. The molecule has 1 amide bonds. The van der Waals surface area contributed by atoms with Gasteiger partial charge in [-0.1, -0.05) is 26.2 Å². The van der Waals surface area contributed by atoms with Crippen molar-refractivity contribution in [2.45, 2.75) is 32.6 Å². The van der Waals surface area contributed by atoms with Crippen molar-refractivity contribution in [2.75, 3.05) is 25.4 Å². The lowest BCUT2D eigenvalue weighted by Gasteiger charge is -2.22. The van der Waals surface area contributed by atoms with Crippen LogP contribution in [0.3, 0.4) is 0 Å². The summed E-state index contributed by atoms with van der Waals surface area (Å²) >= 11 is 0. The van der Waals surface area contributed by atoms with E-state index in [2.05, 4.69) is 6.92 Å². The van der Waals surface area contributed by atoms with E-state index in [-0.39, 0.29) is 24.4 Å². The van der Waals surface area contributed by atoms with Gasteiger partial charge in [-0.25, -0.2) is 8.78 Å². The Kier molecular flexibility index (Phi) is 7.08. The Labute approximate surface area is 123 Å². The summed E-state index contributed by atoms with van der Waals surface area (Å²) in [6.07, 6.45) is 3.90. The number of amides is 1. The van der Waals surface area contributed by atoms with Crippen LogP contribution in [0, 0.1) is 11.6 Å². The monoisotopic (exact) mass is 300 g/mol. The number of benzene rings is 1. The molecule has 21 heavy (non-hydrogen) atoms. The Hall–Kier alpha value is -1.69. The number of rotatable bonds is 8. The highest BCUT2D eigenvalue weighted by Gasteiger charge is 2.19. The maximum atomic E-state index is 13.3. The largest absolute Gasteiger partial charge is 0.398 e. The summed E-state index contributed by atoms with van der Waals surface area (Å²) in [5, 5.41) is 9.04. The van der Waals surface area contributed by atoms with Gasteiger partial charge in [-0.05, 0) is 12.5 Å². The summed E-state index contributed by atoms with van der Waals surface area (Å²) in [7, 11) is 0. The third-order valence-electron chi connectivity index (χ3n) is 3.26. The fourth-order valence-corrected chi connectivity index (χ4v) is 2.08. The first-order valence-electron chi connectivity index (χ1n) is 7.15. The van der Waals surface area contributed by atoms with Crippen molar-refractivity contribution < 1.29 is 18.7 Å². The van der Waals surface area contributed by atoms with Crippen molar-refractivity contribution >= 4 is 11.6 Å². The predicted molar refractivity (Wildman–Crippen MR) is 77.9 cm³/mol. The molecule has 0 bridgehead atoms. The van der Waals surface area contributed by atoms with Gasteiger partial charge in [0, 0.05) is 24.8 Å². The van der Waals surface area contributed by atoms with Crippen molar-refractivity contribution in [3.8, 4) is 0 Å². The van der Waals surface area contributed by atoms with E-state index in [9.17, 15) is 13.6 Å². The average Bonchev–Trinajstić information content (AvgIpc) is 2.45. The minimum absolute atomic E-state index is 0.0714. The van der Waals surface area contributed by atoms with Crippen molar-refractivity contribution in [1.29, 1.82) is 0 Å². The predicted octanol–water partition coefficient (Wildman–Crippen LogP) is 2.56. The molecule has 0 unspecified atom stereocenters. The molecule has 0 saturated carbocycles. The minimum Gasteiger partial charge on any atom is -0.398 e. The van der Waals surface area contributed by atoms with Crippen LogP contribution in [-0.2, 0) is 0 Å². The zero-order valence-electron chi connectivity index (χ0n) is 12.2. The van der Waals surface area contributed by atoms with Gasteiger partial charge in [0.05, 0.1) is 12.2 Å². The number of hydrogen-bond donors (Lipinski definition) is 2. The SMILES string of the molecule is CCCCCCN(CCO)C(=O)c1cc(F)c(F)cc1N. The molecule has 1 aromatic carbocycles. The third-order valence-corrected chi connectivity index (χ3v) is 3.26. The van der Waals surface area contributed by atoms with Crippen LogP contribution in [0.4, 0.5) is 14.5 Å². The standard InChI is InChI=1S/C15H22F2N2O2/c1-2-3-4-5-6-19(7-8-20)15(21)11-9-12(16)13(17)10-14(11)18/h9-10,20H,2-8,18H2,1H3. The van der Waals surface area contributed by atoms with E-state index < -0.39 is 17.5 Å². The van der Waals surface area contributed by atoms with Gasteiger partial charge in [0.1, 0.15) is 0 Å². The Balaban J connectivity index is 2.82. The third kappa shape index (κ3) is 4.97. The summed E-state index contributed by atoms with van der Waals surface area (Å²) < 4.78 is 26.3. The van der Waals surface area contributed by atoms with E-state index in [0.717, 1.165) is 37.8 Å². The molecule has 0 aliphatic rings. The molecule has 0 aliphatic heterocycles. The van der Waals surface area contributed by atoms with Crippen LogP contribution in [0.25, 0.3) is 0 Å². The molecular formula is C15H22F2N2O2. The second-order valence-corrected chi connectivity index (χ2v) is 4.93. The van der Waals surface area contributed by atoms with Crippen LogP contribution in [0.2, 0.25) is 0 Å². The molecule has 118 valence electrons. The van der Waals surface area contributed by atoms with Crippen molar-refractivity contribution in [1.82, 2.24) is 4.90 Å². The van der Waals surface area contributed by atoms with Crippen molar-refractivity contribution in [3.63, 3.8) is 0 Å². The lowest BCUT2D eigenvalue weighted by Crippen LogP contribution is -2.35. The molecule has 4 nitrogen and oxygen atoms in total.